The molecule has 2 rings (SSSR count). The third-order valence-corrected chi connectivity index (χ3v) is 3.61. The maximum atomic E-state index is 12.4. The van der Waals surface area contributed by atoms with Crippen molar-refractivity contribution >= 4 is 11.7 Å². The Balaban J connectivity index is 2.08. The van der Waals surface area contributed by atoms with Gasteiger partial charge in [-0.25, -0.2) is 0 Å². The Bertz CT molecular complexity index is 412. The van der Waals surface area contributed by atoms with Gasteiger partial charge in [-0.05, 0) is 38.8 Å². The van der Waals surface area contributed by atoms with E-state index in [0.717, 1.165) is 25.9 Å². The van der Waals surface area contributed by atoms with Crippen LogP contribution in [0.1, 0.15) is 50.0 Å². The molecule has 1 aromatic rings. The summed E-state index contributed by atoms with van der Waals surface area (Å²) in [6.45, 7) is 5.56. The third-order valence-electron chi connectivity index (χ3n) is 3.61. The molecule has 1 aromatic heterocycles. The van der Waals surface area contributed by atoms with Crippen molar-refractivity contribution in [2.45, 2.75) is 45.6 Å². The molecular formula is C14H22N4O. The highest BCUT2D eigenvalue weighted by atomic mass is 16.2. The zero-order valence-electron chi connectivity index (χ0n) is 11.7. The molecule has 0 bridgehead atoms. The molecule has 1 heterocycles. The minimum Gasteiger partial charge on any atom is -0.369 e. The average Bonchev–Trinajstić information content (AvgIpc) is 2.95. The lowest BCUT2D eigenvalue weighted by Gasteiger charge is -2.27. The Morgan fingerprint density at radius 2 is 2.05 bits per heavy atom. The fourth-order valence-electron chi connectivity index (χ4n) is 2.65. The highest BCUT2D eigenvalue weighted by Crippen LogP contribution is 2.24. The van der Waals surface area contributed by atoms with Gasteiger partial charge in [0, 0.05) is 19.1 Å². The average molecular weight is 262 g/mol. The van der Waals surface area contributed by atoms with E-state index in [9.17, 15) is 4.79 Å². The van der Waals surface area contributed by atoms with Crippen LogP contribution in [0.15, 0.2) is 12.1 Å². The normalized spacial score (nSPS) is 15.5. The summed E-state index contributed by atoms with van der Waals surface area (Å²) in [4.78, 5) is 14.4. The minimum absolute atomic E-state index is 0.00458. The number of rotatable bonds is 5. The summed E-state index contributed by atoms with van der Waals surface area (Å²) in [5.74, 6) is 0.716. The van der Waals surface area contributed by atoms with Crippen molar-refractivity contribution in [3.8, 4) is 0 Å². The van der Waals surface area contributed by atoms with Gasteiger partial charge in [-0.2, -0.15) is 0 Å². The van der Waals surface area contributed by atoms with Gasteiger partial charge < -0.3 is 10.2 Å². The SMILES string of the molecule is CCNc1ccc(C(=O)N(CC)C2CCCC2)nn1. The van der Waals surface area contributed by atoms with Crippen LogP contribution in [0.5, 0.6) is 0 Å². The first-order chi connectivity index (χ1) is 9.26. The number of carbonyl (C=O) groups excluding carboxylic acids is 1. The van der Waals surface area contributed by atoms with Gasteiger partial charge in [-0.15, -0.1) is 10.2 Å². The van der Waals surface area contributed by atoms with Crippen molar-refractivity contribution in [1.82, 2.24) is 15.1 Å². The summed E-state index contributed by atoms with van der Waals surface area (Å²) in [5.41, 5.74) is 0.440. The maximum absolute atomic E-state index is 12.4. The van der Waals surface area contributed by atoms with Gasteiger partial charge in [0.15, 0.2) is 5.69 Å². The van der Waals surface area contributed by atoms with Crippen molar-refractivity contribution in [2.75, 3.05) is 18.4 Å². The second-order valence-electron chi connectivity index (χ2n) is 4.86. The number of aromatic nitrogens is 2. The lowest BCUT2D eigenvalue weighted by Crippen LogP contribution is -2.39. The molecule has 0 unspecified atom stereocenters. The zero-order chi connectivity index (χ0) is 13.7. The Morgan fingerprint density at radius 3 is 2.58 bits per heavy atom. The van der Waals surface area contributed by atoms with E-state index in [1.54, 1.807) is 6.07 Å². The molecule has 0 aromatic carbocycles. The standard InChI is InChI=1S/C14H22N4O/c1-3-15-13-10-9-12(16-17-13)14(19)18(4-2)11-7-5-6-8-11/h9-11H,3-8H2,1-2H3,(H,15,17). The molecule has 1 saturated carbocycles. The molecule has 1 fully saturated rings. The van der Waals surface area contributed by atoms with Crippen LogP contribution in [-0.4, -0.2) is 40.1 Å². The Morgan fingerprint density at radius 1 is 1.32 bits per heavy atom. The number of nitrogens with zero attached hydrogens (tertiary/aromatic N) is 3. The number of anilines is 1. The van der Waals surface area contributed by atoms with E-state index < -0.39 is 0 Å². The molecule has 0 aliphatic heterocycles. The predicted octanol–water partition coefficient (Wildman–Crippen LogP) is 2.31. The molecule has 0 atom stereocenters. The van der Waals surface area contributed by atoms with Crippen LogP contribution in [0.3, 0.4) is 0 Å². The fourth-order valence-corrected chi connectivity index (χ4v) is 2.65. The van der Waals surface area contributed by atoms with E-state index in [4.69, 9.17) is 0 Å². The largest absolute Gasteiger partial charge is 0.369 e. The van der Waals surface area contributed by atoms with Gasteiger partial charge in [-0.1, -0.05) is 12.8 Å². The van der Waals surface area contributed by atoms with E-state index in [1.807, 2.05) is 24.8 Å². The lowest BCUT2D eigenvalue weighted by molar-refractivity contribution is 0.0686. The summed E-state index contributed by atoms with van der Waals surface area (Å²) in [6.07, 6.45) is 4.67. The molecule has 104 valence electrons. The molecule has 0 radical (unpaired) electrons. The molecule has 1 N–H and O–H groups in total. The van der Waals surface area contributed by atoms with Crippen LogP contribution < -0.4 is 5.32 Å². The summed E-state index contributed by atoms with van der Waals surface area (Å²) >= 11 is 0. The topological polar surface area (TPSA) is 58.1 Å². The van der Waals surface area contributed by atoms with Crippen LogP contribution >= 0.6 is 0 Å². The lowest BCUT2D eigenvalue weighted by atomic mass is 10.2. The first-order valence-electron chi connectivity index (χ1n) is 7.14. The Labute approximate surface area is 114 Å². The molecule has 5 nitrogen and oxygen atoms in total. The molecule has 1 amide bonds. The first-order valence-corrected chi connectivity index (χ1v) is 7.14. The van der Waals surface area contributed by atoms with E-state index >= 15 is 0 Å². The summed E-state index contributed by atoms with van der Waals surface area (Å²) in [5, 5.41) is 11.1. The number of carbonyl (C=O) groups is 1. The molecule has 5 heteroatoms. The summed E-state index contributed by atoms with van der Waals surface area (Å²) < 4.78 is 0. The molecule has 1 aliphatic carbocycles. The zero-order valence-corrected chi connectivity index (χ0v) is 11.7. The van der Waals surface area contributed by atoms with Crippen LogP contribution in [0, 0.1) is 0 Å². The quantitative estimate of drug-likeness (QED) is 0.884. The Kier molecular flexibility index (Phi) is 4.71. The Hall–Kier alpha value is -1.65. The highest BCUT2D eigenvalue weighted by molar-refractivity contribution is 5.92. The van der Waals surface area contributed by atoms with E-state index in [2.05, 4.69) is 15.5 Å². The van der Waals surface area contributed by atoms with Crippen molar-refractivity contribution < 1.29 is 4.79 Å². The van der Waals surface area contributed by atoms with Gasteiger partial charge in [0.1, 0.15) is 5.82 Å². The van der Waals surface area contributed by atoms with E-state index in [1.165, 1.54) is 12.8 Å². The van der Waals surface area contributed by atoms with Crippen LogP contribution in [0.25, 0.3) is 0 Å². The second kappa shape index (κ2) is 6.50. The smallest absolute Gasteiger partial charge is 0.274 e. The molecule has 0 spiro atoms. The van der Waals surface area contributed by atoms with Crippen LogP contribution in [-0.2, 0) is 0 Å². The number of hydrogen-bond acceptors (Lipinski definition) is 4. The van der Waals surface area contributed by atoms with Crippen molar-refractivity contribution in [1.29, 1.82) is 0 Å². The van der Waals surface area contributed by atoms with Crippen molar-refractivity contribution in [2.24, 2.45) is 0 Å². The van der Waals surface area contributed by atoms with Crippen molar-refractivity contribution in [3.63, 3.8) is 0 Å². The number of nitrogens with one attached hydrogen (secondary N) is 1. The molecule has 19 heavy (non-hydrogen) atoms. The van der Waals surface area contributed by atoms with E-state index in [0.29, 0.717) is 17.6 Å². The number of hydrogen-bond donors (Lipinski definition) is 1. The predicted molar refractivity (Wildman–Crippen MR) is 75.2 cm³/mol. The molecular weight excluding hydrogens is 240 g/mol. The van der Waals surface area contributed by atoms with Crippen LogP contribution in [0.4, 0.5) is 5.82 Å². The van der Waals surface area contributed by atoms with Crippen LogP contribution in [0.2, 0.25) is 0 Å². The maximum Gasteiger partial charge on any atom is 0.274 e. The fraction of sp³-hybridized carbons (Fsp3) is 0.643. The van der Waals surface area contributed by atoms with E-state index in [-0.39, 0.29) is 5.91 Å². The van der Waals surface area contributed by atoms with Gasteiger partial charge >= 0.3 is 0 Å². The third kappa shape index (κ3) is 3.22. The number of amides is 1. The monoisotopic (exact) mass is 262 g/mol. The highest BCUT2D eigenvalue weighted by Gasteiger charge is 2.26. The van der Waals surface area contributed by atoms with Crippen molar-refractivity contribution in [3.05, 3.63) is 17.8 Å². The van der Waals surface area contributed by atoms with Gasteiger partial charge in [0.25, 0.3) is 5.91 Å². The first kappa shape index (κ1) is 13.8. The minimum atomic E-state index is 0.00458. The van der Waals surface area contributed by atoms with Gasteiger partial charge in [0.05, 0.1) is 0 Å². The molecule has 1 aliphatic rings. The molecule has 0 saturated heterocycles. The summed E-state index contributed by atoms with van der Waals surface area (Å²) in [7, 11) is 0. The second-order valence-corrected chi connectivity index (χ2v) is 4.86. The van der Waals surface area contributed by atoms with Gasteiger partial charge in [-0.3, -0.25) is 4.79 Å². The van der Waals surface area contributed by atoms with Gasteiger partial charge in [0.2, 0.25) is 0 Å². The summed E-state index contributed by atoms with van der Waals surface area (Å²) in [6, 6.07) is 3.95.